The fourth-order valence-electron chi connectivity index (χ4n) is 5.24. The van der Waals surface area contributed by atoms with Gasteiger partial charge < -0.3 is 45.9 Å². The predicted molar refractivity (Wildman–Crippen MR) is 172 cm³/mol. The van der Waals surface area contributed by atoms with E-state index in [2.05, 4.69) is 36.2 Å². The maximum Gasteiger partial charge on any atom is 0.251 e. The Bertz CT molecular complexity index is 1350. The van der Waals surface area contributed by atoms with Crippen LogP contribution < -0.4 is 36.5 Å². The van der Waals surface area contributed by atoms with Gasteiger partial charge in [-0.1, -0.05) is 43.5 Å². The molecule has 2 aliphatic rings. The number of carbonyl (C=O) groups excluding carboxylic acids is 1. The zero-order chi connectivity index (χ0) is 31.1. The van der Waals surface area contributed by atoms with Gasteiger partial charge >= 0.3 is 0 Å². The molecule has 0 saturated heterocycles. The number of aromatic nitrogens is 3. The second kappa shape index (κ2) is 17.3. The number of anilines is 3. The summed E-state index contributed by atoms with van der Waals surface area (Å²) in [6.07, 6.45) is 6.31. The van der Waals surface area contributed by atoms with Crippen molar-refractivity contribution < 1.29 is 23.7 Å². The number of rotatable bonds is 18. The molecule has 45 heavy (non-hydrogen) atoms. The Morgan fingerprint density at radius 1 is 0.822 bits per heavy atom. The lowest BCUT2D eigenvalue weighted by Gasteiger charge is -2.21. The fraction of sp³-hybridized carbons (Fsp3) is 0.500. The van der Waals surface area contributed by atoms with Crippen LogP contribution in [0, 0.1) is 5.92 Å². The van der Waals surface area contributed by atoms with E-state index in [9.17, 15) is 4.79 Å². The van der Waals surface area contributed by atoms with Crippen LogP contribution in [0.3, 0.4) is 0 Å². The Labute approximate surface area is 264 Å². The summed E-state index contributed by atoms with van der Waals surface area (Å²) in [5.74, 6) is 3.37. The average molecular weight is 621 g/mol. The highest BCUT2D eigenvalue weighted by atomic mass is 16.7. The van der Waals surface area contributed by atoms with Gasteiger partial charge in [-0.3, -0.25) is 4.79 Å². The van der Waals surface area contributed by atoms with Crippen molar-refractivity contribution in [2.45, 2.75) is 45.2 Å². The third kappa shape index (κ3) is 10.2. The highest BCUT2D eigenvalue weighted by Crippen LogP contribution is 2.35. The van der Waals surface area contributed by atoms with E-state index >= 15 is 0 Å². The molecule has 0 atom stereocenters. The Kier molecular flexibility index (Phi) is 12.4. The first-order chi connectivity index (χ1) is 22.2. The first-order valence-electron chi connectivity index (χ1n) is 15.8. The first-order valence-corrected chi connectivity index (χ1v) is 15.8. The van der Waals surface area contributed by atoms with Gasteiger partial charge in [-0.05, 0) is 42.5 Å². The molecule has 242 valence electrons. The van der Waals surface area contributed by atoms with Crippen LogP contribution in [0.1, 0.15) is 53.6 Å². The molecule has 1 aliphatic carbocycles. The molecule has 0 bridgehead atoms. The lowest BCUT2D eigenvalue weighted by atomic mass is 9.89. The van der Waals surface area contributed by atoms with Crippen molar-refractivity contribution >= 4 is 23.8 Å². The summed E-state index contributed by atoms with van der Waals surface area (Å²) in [5.41, 5.74) is 7.90. The van der Waals surface area contributed by atoms with Gasteiger partial charge in [0.05, 0.1) is 26.4 Å². The number of ether oxygens (including phenoxy) is 4. The molecule has 1 amide bonds. The van der Waals surface area contributed by atoms with Gasteiger partial charge in [0.25, 0.3) is 5.91 Å². The number of benzene rings is 2. The highest BCUT2D eigenvalue weighted by Gasteiger charge is 2.18. The van der Waals surface area contributed by atoms with E-state index in [1.807, 2.05) is 30.3 Å². The highest BCUT2D eigenvalue weighted by molar-refractivity contribution is 5.94. The molecule has 1 aliphatic heterocycles. The van der Waals surface area contributed by atoms with Gasteiger partial charge in [0, 0.05) is 43.9 Å². The number of amides is 1. The van der Waals surface area contributed by atoms with Crippen LogP contribution in [-0.4, -0.2) is 73.7 Å². The Hall–Kier alpha value is -4.20. The summed E-state index contributed by atoms with van der Waals surface area (Å²) >= 11 is 0. The van der Waals surface area contributed by atoms with Crippen molar-refractivity contribution in [1.29, 1.82) is 0 Å². The van der Waals surface area contributed by atoms with Gasteiger partial charge in [-0.25, -0.2) is 0 Å². The van der Waals surface area contributed by atoms with Crippen LogP contribution in [0.25, 0.3) is 0 Å². The lowest BCUT2D eigenvalue weighted by molar-refractivity contribution is 0.0511. The topological polar surface area (TPSA) is 167 Å². The largest absolute Gasteiger partial charge is 0.454 e. The zero-order valence-electron chi connectivity index (χ0n) is 25.7. The third-order valence-corrected chi connectivity index (χ3v) is 7.66. The Morgan fingerprint density at radius 3 is 2.29 bits per heavy atom. The van der Waals surface area contributed by atoms with Crippen molar-refractivity contribution in [3.63, 3.8) is 0 Å². The minimum absolute atomic E-state index is 0.152. The summed E-state index contributed by atoms with van der Waals surface area (Å²) in [7, 11) is 0. The Morgan fingerprint density at radius 2 is 1.53 bits per heavy atom. The van der Waals surface area contributed by atoms with Crippen LogP contribution >= 0.6 is 0 Å². The van der Waals surface area contributed by atoms with Crippen LogP contribution in [0.4, 0.5) is 17.8 Å². The molecule has 2 heterocycles. The summed E-state index contributed by atoms with van der Waals surface area (Å²) < 4.78 is 21.9. The molecule has 1 aromatic heterocycles. The van der Waals surface area contributed by atoms with Crippen LogP contribution in [0.2, 0.25) is 0 Å². The van der Waals surface area contributed by atoms with E-state index in [1.54, 1.807) is 12.1 Å². The van der Waals surface area contributed by atoms with Gasteiger partial charge in [0.2, 0.25) is 24.6 Å². The number of hydrogen-bond donors (Lipinski definition) is 5. The van der Waals surface area contributed by atoms with Gasteiger partial charge in [-0.2, -0.15) is 15.0 Å². The fourth-order valence-corrected chi connectivity index (χ4v) is 5.24. The molecule has 3 aromatic rings. The van der Waals surface area contributed by atoms with E-state index in [0.29, 0.717) is 81.9 Å². The minimum atomic E-state index is -0.152. The smallest absolute Gasteiger partial charge is 0.251 e. The molecule has 1 fully saturated rings. The summed E-state index contributed by atoms with van der Waals surface area (Å²) in [4.78, 5) is 26.4. The first kappa shape index (κ1) is 32.2. The molecule has 5 rings (SSSR count). The number of nitrogens with two attached hydrogens (primary N) is 1. The van der Waals surface area contributed by atoms with E-state index < -0.39 is 0 Å². The predicted octanol–water partition coefficient (Wildman–Crippen LogP) is 3.54. The standard InChI is InChI=1S/C32H44N8O5/c33-13-15-42-17-18-43-16-14-34-29(41)25-11-9-24(10-12-25)20-36-31-38-30(35-19-23-5-2-1-3-6-23)39-32(40-31)37-21-26-7-4-8-27-28(26)45-22-44-27/h4,7-12,23H,1-3,5-6,13-22,33H2,(H,34,41)(H3,35,36,37,38,39,40). The number of nitrogens with one attached hydrogen (secondary N) is 4. The van der Waals surface area contributed by atoms with Crippen molar-refractivity contribution in [2.24, 2.45) is 11.7 Å². The number of para-hydroxylation sites is 1. The third-order valence-electron chi connectivity index (χ3n) is 7.66. The van der Waals surface area contributed by atoms with E-state index in [0.717, 1.165) is 29.2 Å². The van der Waals surface area contributed by atoms with Crippen LogP contribution in [0.15, 0.2) is 42.5 Å². The number of hydrogen-bond acceptors (Lipinski definition) is 12. The number of nitrogens with zero attached hydrogens (tertiary/aromatic N) is 3. The van der Waals surface area contributed by atoms with Crippen molar-refractivity contribution in [3.8, 4) is 11.5 Å². The zero-order valence-corrected chi connectivity index (χ0v) is 25.7. The molecular formula is C32H44N8O5. The van der Waals surface area contributed by atoms with E-state index in [1.165, 1.54) is 32.1 Å². The molecule has 1 saturated carbocycles. The van der Waals surface area contributed by atoms with Crippen LogP contribution in [0.5, 0.6) is 11.5 Å². The Balaban J connectivity index is 1.14. The molecule has 13 nitrogen and oxygen atoms in total. The molecule has 13 heteroatoms. The van der Waals surface area contributed by atoms with E-state index in [-0.39, 0.29) is 12.7 Å². The quantitative estimate of drug-likeness (QED) is 0.132. The number of carbonyl (C=O) groups is 1. The molecule has 0 spiro atoms. The molecule has 6 N–H and O–H groups in total. The van der Waals surface area contributed by atoms with Gasteiger partial charge in [0.15, 0.2) is 11.5 Å². The second-order valence-corrected chi connectivity index (χ2v) is 11.0. The summed E-state index contributed by atoms with van der Waals surface area (Å²) in [6, 6.07) is 13.2. The van der Waals surface area contributed by atoms with Gasteiger partial charge in [0.1, 0.15) is 0 Å². The van der Waals surface area contributed by atoms with E-state index in [4.69, 9.17) is 24.7 Å². The molecular weight excluding hydrogens is 576 g/mol. The normalized spacial score (nSPS) is 14.2. The maximum absolute atomic E-state index is 12.5. The molecule has 0 radical (unpaired) electrons. The molecule has 0 unspecified atom stereocenters. The van der Waals surface area contributed by atoms with Crippen molar-refractivity contribution in [3.05, 3.63) is 59.2 Å². The van der Waals surface area contributed by atoms with Gasteiger partial charge in [-0.15, -0.1) is 0 Å². The van der Waals surface area contributed by atoms with Crippen molar-refractivity contribution in [2.75, 3.05) is 68.8 Å². The second-order valence-electron chi connectivity index (χ2n) is 11.0. The average Bonchev–Trinajstić information content (AvgIpc) is 3.57. The lowest BCUT2D eigenvalue weighted by Crippen LogP contribution is -2.27. The van der Waals surface area contributed by atoms with Crippen LogP contribution in [-0.2, 0) is 22.6 Å². The summed E-state index contributed by atoms with van der Waals surface area (Å²) in [6.45, 7) is 4.78. The monoisotopic (exact) mass is 620 g/mol. The maximum atomic E-state index is 12.5. The van der Waals surface area contributed by atoms with Crippen molar-refractivity contribution in [1.82, 2.24) is 20.3 Å². The number of fused-ring (bicyclic) bond motifs is 1. The minimum Gasteiger partial charge on any atom is -0.454 e. The molecule has 2 aromatic carbocycles. The summed E-state index contributed by atoms with van der Waals surface area (Å²) in [5, 5.41) is 12.9. The SMILES string of the molecule is NCCOCCOCCNC(=O)c1ccc(CNc2nc(NCc3cccc4c3OCO4)nc(NCC3CCCCC3)n2)cc1.